The SMILES string of the molecule is O=C(O)c1ccc(-c2cc(-c3ccccc3)nc(-c3ccccc3)c2)cc1. The second-order valence-electron chi connectivity index (χ2n) is 6.24. The van der Waals surface area contributed by atoms with Crippen molar-refractivity contribution in [2.45, 2.75) is 0 Å². The molecule has 130 valence electrons. The van der Waals surface area contributed by atoms with Crippen LogP contribution in [0.5, 0.6) is 0 Å². The smallest absolute Gasteiger partial charge is 0.335 e. The molecule has 1 aromatic heterocycles. The van der Waals surface area contributed by atoms with E-state index < -0.39 is 5.97 Å². The summed E-state index contributed by atoms with van der Waals surface area (Å²) in [5.41, 5.74) is 6.08. The van der Waals surface area contributed by atoms with Gasteiger partial charge < -0.3 is 5.11 Å². The molecule has 0 fully saturated rings. The van der Waals surface area contributed by atoms with Crippen LogP contribution in [0.4, 0.5) is 0 Å². The van der Waals surface area contributed by atoms with Gasteiger partial charge in [-0.25, -0.2) is 9.78 Å². The molecule has 1 N–H and O–H groups in total. The van der Waals surface area contributed by atoms with Gasteiger partial charge in [0.2, 0.25) is 0 Å². The Kier molecular flexibility index (Phi) is 4.50. The quantitative estimate of drug-likeness (QED) is 0.507. The van der Waals surface area contributed by atoms with E-state index >= 15 is 0 Å². The third-order valence-corrected chi connectivity index (χ3v) is 4.43. The molecule has 0 saturated heterocycles. The Morgan fingerprint density at radius 3 is 1.52 bits per heavy atom. The predicted molar refractivity (Wildman–Crippen MR) is 108 cm³/mol. The van der Waals surface area contributed by atoms with E-state index in [4.69, 9.17) is 10.1 Å². The number of hydrogen-bond acceptors (Lipinski definition) is 2. The van der Waals surface area contributed by atoms with Crippen LogP contribution in [-0.2, 0) is 0 Å². The third-order valence-electron chi connectivity index (χ3n) is 4.43. The number of benzene rings is 3. The summed E-state index contributed by atoms with van der Waals surface area (Å²) in [6.07, 6.45) is 0. The molecule has 0 radical (unpaired) electrons. The Balaban J connectivity index is 1.86. The minimum Gasteiger partial charge on any atom is -0.478 e. The van der Waals surface area contributed by atoms with Crippen LogP contribution in [0.3, 0.4) is 0 Å². The monoisotopic (exact) mass is 351 g/mol. The molecule has 3 heteroatoms. The second-order valence-corrected chi connectivity index (χ2v) is 6.24. The van der Waals surface area contributed by atoms with Crippen LogP contribution >= 0.6 is 0 Å². The van der Waals surface area contributed by atoms with Crippen LogP contribution in [0.25, 0.3) is 33.6 Å². The van der Waals surface area contributed by atoms with Crippen molar-refractivity contribution in [3.05, 3.63) is 103 Å². The molecule has 0 atom stereocenters. The van der Waals surface area contributed by atoms with Crippen LogP contribution in [0.2, 0.25) is 0 Å². The summed E-state index contributed by atoms with van der Waals surface area (Å²) in [5.74, 6) is -0.925. The van der Waals surface area contributed by atoms with Crippen molar-refractivity contribution >= 4 is 5.97 Å². The van der Waals surface area contributed by atoms with Crippen molar-refractivity contribution < 1.29 is 9.90 Å². The number of nitrogens with zero attached hydrogens (tertiary/aromatic N) is 1. The first-order chi connectivity index (χ1) is 13.2. The van der Waals surface area contributed by atoms with Crippen LogP contribution in [0.15, 0.2) is 97.1 Å². The van der Waals surface area contributed by atoms with Crippen molar-refractivity contribution in [1.29, 1.82) is 0 Å². The molecule has 0 bridgehead atoms. The molecule has 0 spiro atoms. The minimum atomic E-state index is -0.925. The van der Waals surface area contributed by atoms with Crippen LogP contribution in [0, 0.1) is 0 Å². The average molecular weight is 351 g/mol. The molecule has 4 rings (SSSR count). The Hall–Kier alpha value is -3.72. The van der Waals surface area contributed by atoms with Gasteiger partial charge in [0.05, 0.1) is 17.0 Å². The maximum absolute atomic E-state index is 11.1. The average Bonchev–Trinajstić information content (AvgIpc) is 2.75. The lowest BCUT2D eigenvalue weighted by atomic mass is 9.99. The molecule has 0 unspecified atom stereocenters. The lowest BCUT2D eigenvalue weighted by Crippen LogP contribution is -1.95. The number of hydrogen-bond donors (Lipinski definition) is 1. The lowest BCUT2D eigenvalue weighted by Gasteiger charge is -2.10. The Bertz CT molecular complexity index is 1010. The first-order valence-electron chi connectivity index (χ1n) is 8.67. The number of carboxylic acid groups (broad SMARTS) is 1. The van der Waals surface area contributed by atoms with Crippen molar-refractivity contribution in [3.63, 3.8) is 0 Å². The van der Waals surface area contributed by atoms with E-state index in [9.17, 15) is 4.79 Å². The summed E-state index contributed by atoms with van der Waals surface area (Å²) in [4.78, 5) is 16.0. The predicted octanol–water partition coefficient (Wildman–Crippen LogP) is 5.78. The number of rotatable bonds is 4. The third kappa shape index (κ3) is 3.62. The van der Waals surface area contributed by atoms with Crippen molar-refractivity contribution in [3.8, 4) is 33.6 Å². The molecule has 0 amide bonds. The van der Waals surface area contributed by atoms with E-state index in [0.717, 1.165) is 33.6 Å². The fraction of sp³-hybridized carbons (Fsp3) is 0. The van der Waals surface area contributed by atoms with Gasteiger partial charge in [0.25, 0.3) is 0 Å². The second kappa shape index (κ2) is 7.26. The van der Waals surface area contributed by atoms with Gasteiger partial charge in [0.1, 0.15) is 0 Å². The van der Waals surface area contributed by atoms with E-state index in [1.165, 1.54) is 0 Å². The minimum absolute atomic E-state index is 0.277. The molecular weight excluding hydrogens is 334 g/mol. The molecule has 0 aliphatic carbocycles. The molecule has 0 aliphatic rings. The maximum atomic E-state index is 11.1. The van der Waals surface area contributed by atoms with Crippen molar-refractivity contribution in [2.75, 3.05) is 0 Å². The van der Waals surface area contributed by atoms with Gasteiger partial charge in [-0.1, -0.05) is 72.8 Å². The number of aromatic nitrogens is 1. The topological polar surface area (TPSA) is 50.2 Å². The molecule has 27 heavy (non-hydrogen) atoms. The van der Waals surface area contributed by atoms with Crippen LogP contribution in [-0.4, -0.2) is 16.1 Å². The van der Waals surface area contributed by atoms with Gasteiger partial charge in [-0.05, 0) is 35.4 Å². The normalized spacial score (nSPS) is 10.5. The summed E-state index contributed by atoms with van der Waals surface area (Å²) >= 11 is 0. The molecule has 4 aromatic rings. The fourth-order valence-corrected chi connectivity index (χ4v) is 3.02. The zero-order chi connectivity index (χ0) is 18.6. The zero-order valence-electron chi connectivity index (χ0n) is 14.5. The first kappa shape index (κ1) is 16.7. The van der Waals surface area contributed by atoms with Gasteiger partial charge in [0, 0.05) is 11.1 Å². The Morgan fingerprint density at radius 1 is 0.593 bits per heavy atom. The van der Waals surface area contributed by atoms with E-state index in [1.54, 1.807) is 12.1 Å². The van der Waals surface area contributed by atoms with Gasteiger partial charge in [-0.3, -0.25) is 0 Å². The summed E-state index contributed by atoms with van der Waals surface area (Å²) in [7, 11) is 0. The highest BCUT2D eigenvalue weighted by atomic mass is 16.4. The number of carbonyl (C=O) groups is 1. The first-order valence-corrected chi connectivity index (χ1v) is 8.67. The largest absolute Gasteiger partial charge is 0.478 e. The lowest BCUT2D eigenvalue weighted by molar-refractivity contribution is 0.0697. The highest BCUT2D eigenvalue weighted by molar-refractivity contribution is 5.88. The highest BCUT2D eigenvalue weighted by Crippen LogP contribution is 2.30. The van der Waals surface area contributed by atoms with Gasteiger partial charge in [-0.15, -0.1) is 0 Å². The van der Waals surface area contributed by atoms with E-state index in [1.807, 2.05) is 84.9 Å². The fourth-order valence-electron chi connectivity index (χ4n) is 3.02. The Morgan fingerprint density at radius 2 is 1.07 bits per heavy atom. The molecule has 3 nitrogen and oxygen atoms in total. The van der Waals surface area contributed by atoms with E-state index in [-0.39, 0.29) is 5.56 Å². The number of aromatic carboxylic acids is 1. The standard InChI is InChI=1S/C24H17NO2/c26-24(27)20-13-11-17(12-14-20)21-15-22(18-7-3-1-4-8-18)25-23(16-21)19-9-5-2-6-10-19/h1-16H,(H,26,27). The summed E-state index contributed by atoms with van der Waals surface area (Å²) in [5, 5.41) is 9.12. The number of pyridine rings is 1. The van der Waals surface area contributed by atoms with Gasteiger partial charge in [-0.2, -0.15) is 0 Å². The van der Waals surface area contributed by atoms with E-state index in [2.05, 4.69) is 0 Å². The highest BCUT2D eigenvalue weighted by Gasteiger charge is 2.09. The van der Waals surface area contributed by atoms with Gasteiger partial charge >= 0.3 is 5.97 Å². The van der Waals surface area contributed by atoms with Gasteiger partial charge in [0.15, 0.2) is 0 Å². The summed E-state index contributed by atoms with van der Waals surface area (Å²) in [6.45, 7) is 0. The maximum Gasteiger partial charge on any atom is 0.335 e. The molecule has 1 heterocycles. The van der Waals surface area contributed by atoms with Crippen molar-refractivity contribution in [1.82, 2.24) is 4.98 Å². The molecule has 3 aromatic carbocycles. The van der Waals surface area contributed by atoms with Crippen molar-refractivity contribution in [2.24, 2.45) is 0 Å². The molecule has 0 aliphatic heterocycles. The van der Waals surface area contributed by atoms with E-state index in [0.29, 0.717) is 0 Å². The zero-order valence-corrected chi connectivity index (χ0v) is 14.5. The summed E-state index contributed by atoms with van der Waals surface area (Å²) in [6, 6.07) is 31.1. The number of carboxylic acids is 1. The van der Waals surface area contributed by atoms with Crippen LogP contribution in [0.1, 0.15) is 10.4 Å². The molecular formula is C24H17NO2. The summed E-state index contributed by atoms with van der Waals surface area (Å²) < 4.78 is 0. The molecule has 0 saturated carbocycles. The Labute approximate surface area is 157 Å². The van der Waals surface area contributed by atoms with Crippen LogP contribution < -0.4 is 0 Å².